The van der Waals surface area contributed by atoms with Gasteiger partial charge in [-0.2, -0.15) is 0 Å². The summed E-state index contributed by atoms with van der Waals surface area (Å²) in [6, 6.07) is 9.32. The summed E-state index contributed by atoms with van der Waals surface area (Å²) in [5, 5.41) is 2.99. The van der Waals surface area contributed by atoms with E-state index in [4.69, 9.17) is 18.9 Å². The third kappa shape index (κ3) is 3.45. The van der Waals surface area contributed by atoms with Crippen molar-refractivity contribution in [3.05, 3.63) is 41.5 Å². The number of carbonyl (C=O) groups is 1. The van der Waals surface area contributed by atoms with Gasteiger partial charge in [-0.3, -0.25) is 4.79 Å². The quantitative estimate of drug-likeness (QED) is 0.814. The molecule has 0 radical (unpaired) electrons. The van der Waals surface area contributed by atoms with Crippen molar-refractivity contribution in [2.75, 3.05) is 32.9 Å². The predicted octanol–water partition coefficient (Wildman–Crippen LogP) is 1.40. The van der Waals surface area contributed by atoms with E-state index < -0.39 is 0 Å². The van der Waals surface area contributed by atoms with E-state index in [1.807, 2.05) is 31.2 Å². The minimum absolute atomic E-state index is 0.0159. The smallest absolute Gasteiger partial charge is 0.282 e. The largest absolute Gasteiger partial charge is 0.493 e. The van der Waals surface area contributed by atoms with Gasteiger partial charge in [0.25, 0.3) is 5.91 Å². The van der Waals surface area contributed by atoms with Crippen LogP contribution in [0, 0.1) is 0 Å². The van der Waals surface area contributed by atoms with E-state index in [1.54, 1.807) is 20.3 Å². The molecule has 0 saturated heterocycles. The van der Waals surface area contributed by atoms with Crippen LogP contribution >= 0.6 is 0 Å². The molecule has 2 aromatic rings. The first-order chi connectivity index (χ1) is 13.6. The zero-order valence-electron chi connectivity index (χ0n) is 16.3. The molecular formula is C21H25N2O5+. The van der Waals surface area contributed by atoms with E-state index in [-0.39, 0.29) is 18.7 Å². The van der Waals surface area contributed by atoms with Gasteiger partial charge in [0.1, 0.15) is 6.54 Å². The van der Waals surface area contributed by atoms with E-state index in [9.17, 15) is 4.79 Å². The minimum Gasteiger partial charge on any atom is -0.493 e. The Kier molecular flexibility index (Phi) is 5.00. The molecule has 0 saturated carbocycles. The number of hydrogen-bond donors (Lipinski definition) is 2. The summed E-state index contributed by atoms with van der Waals surface area (Å²) in [5.74, 6) is 2.82. The first-order valence-electron chi connectivity index (χ1n) is 9.38. The van der Waals surface area contributed by atoms with Crippen LogP contribution < -0.4 is 29.2 Å². The lowest BCUT2D eigenvalue weighted by atomic mass is 9.97. The average molecular weight is 385 g/mol. The fourth-order valence-corrected chi connectivity index (χ4v) is 3.77. The number of rotatable bonds is 5. The molecule has 1 unspecified atom stereocenters. The lowest BCUT2D eigenvalue weighted by molar-refractivity contribution is -0.929. The van der Waals surface area contributed by atoms with Gasteiger partial charge in [0, 0.05) is 23.7 Å². The highest BCUT2D eigenvalue weighted by molar-refractivity contribution is 5.94. The van der Waals surface area contributed by atoms with Crippen LogP contribution in [0.1, 0.15) is 18.1 Å². The number of anilines is 1. The fourth-order valence-electron chi connectivity index (χ4n) is 3.77. The molecule has 0 fully saturated rings. The predicted molar refractivity (Wildman–Crippen MR) is 103 cm³/mol. The van der Waals surface area contributed by atoms with Crippen LogP contribution in [0.4, 0.5) is 5.69 Å². The summed E-state index contributed by atoms with van der Waals surface area (Å²) in [4.78, 5) is 14.0. The van der Waals surface area contributed by atoms with E-state index in [0.29, 0.717) is 17.2 Å². The van der Waals surface area contributed by atoms with Gasteiger partial charge in [0.2, 0.25) is 6.79 Å². The number of methoxy groups -OCH3 is 2. The standard InChI is InChI=1S/C21H24N2O5/c1-13(21(24)22-16-4-5-17-20(10-16)28-12-27-17)23-7-6-14-8-18(25-2)19(26-3)9-15(14)11-23/h4-5,8-10,13H,6-7,11-12H2,1-3H3,(H,22,24)/p+1/t13-/m0/s1. The maximum absolute atomic E-state index is 12.8. The maximum Gasteiger partial charge on any atom is 0.282 e. The van der Waals surface area contributed by atoms with E-state index in [0.717, 1.165) is 31.0 Å². The van der Waals surface area contributed by atoms with Crippen molar-refractivity contribution >= 4 is 11.6 Å². The minimum atomic E-state index is -0.188. The summed E-state index contributed by atoms with van der Waals surface area (Å²) in [6.45, 7) is 3.84. The number of quaternary nitrogens is 1. The first-order valence-corrected chi connectivity index (χ1v) is 9.38. The van der Waals surface area contributed by atoms with Crippen LogP contribution in [-0.4, -0.2) is 39.5 Å². The highest BCUT2D eigenvalue weighted by Gasteiger charge is 2.30. The highest BCUT2D eigenvalue weighted by Crippen LogP contribution is 2.34. The van der Waals surface area contributed by atoms with E-state index >= 15 is 0 Å². The lowest BCUT2D eigenvalue weighted by Crippen LogP contribution is -3.16. The van der Waals surface area contributed by atoms with Gasteiger partial charge in [-0.25, -0.2) is 0 Å². The van der Waals surface area contributed by atoms with Crippen molar-refractivity contribution in [1.29, 1.82) is 0 Å². The van der Waals surface area contributed by atoms with Gasteiger partial charge >= 0.3 is 0 Å². The van der Waals surface area contributed by atoms with Gasteiger partial charge in [-0.1, -0.05) is 0 Å². The summed E-state index contributed by atoms with van der Waals surface area (Å²) in [6.07, 6.45) is 0.896. The zero-order valence-corrected chi connectivity index (χ0v) is 16.3. The molecule has 2 heterocycles. The normalized spacial score (nSPS) is 18.2. The Morgan fingerprint density at radius 3 is 2.54 bits per heavy atom. The summed E-state index contributed by atoms with van der Waals surface area (Å²) < 4.78 is 21.5. The Labute approximate surface area is 164 Å². The molecule has 4 rings (SSSR count). The molecule has 1 amide bonds. The Morgan fingerprint density at radius 1 is 1.07 bits per heavy atom. The van der Waals surface area contributed by atoms with Gasteiger partial charge in [-0.15, -0.1) is 0 Å². The number of fused-ring (bicyclic) bond motifs is 2. The molecule has 2 aliphatic heterocycles. The summed E-state index contributed by atoms with van der Waals surface area (Å²) in [7, 11) is 3.28. The van der Waals surface area contributed by atoms with Crippen LogP contribution in [0.5, 0.6) is 23.0 Å². The Bertz CT molecular complexity index is 899. The molecule has 7 heteroatoms. The second-order valence-electron chi connectivity index (χ2n) is 7.09. The molecule has 0 bridgehead atoms. The van der Waals surface area contributed by atoms with Crippen molar-refractivity contribution in [1.82, 2.24) is 0 Å². The van der Waals surface area contributed by atoms with Gasteiger partial charge < -0.3 is 29.2 Å². The molecular weight excluding hydrogens is 360 g/mol. The Balaban J connectivity index is 1.45. The Hall–Kier alpha value is -2.93. The van der Waals surface area contributed by atoms with Crippen molar-refractivity contribution in [2.24, 2.45) is 0 Å². The van der Waals surface area contributed by atoms with Crippen molar-refractivity contribution in [2.45, 2.75) is 25.9 Å². The van der Waals surface area contributed by atoms with Crippen LogP contribution in [0.15, 0.2) is 30.3 Å². The van der Waals surface area contributed by atoms with Crippen molar-refractivity contribution < 1.29 is 28.6 Å². The number of amides is 1. The second kappa shape index (κ2) is 7.59. The third-order valence-electron chi connectivity index (χ3n) is 5.48. The van der Waals surface area contributed by atoms with Gasteiger partial charge in [0.15, 0.2) is 29.0 Å². The SMILES string of the molecule is COc1cc2c(cc1OC)C[NH+]([C@@H](C)C(=O)Nc1ccc3c(c1)OCO3)CC2. The lowest BCUT2D eigenvalue weighted by Gasteiger charge is -2.30. The second-order valence-corrected chi connectivity index (χ2v) is 7.09. The highest BCUT2D eigenvalue weighted by atomic mass is 16.7. The number of carbonyl (C=O) groups excluding carboxylic acids is 1. The van der Waals surface area contributed by atoms with Crippen LogP contribution in [0.25, 0.3) is 0 Å². The molecule has 148 valence electrons. The molecule has 2 atom stereocenters. The molecule has 28 heavy (non-hydrogen) atoms. The van der Waals surface area contributed by atoms with Crippen LogP contribution in [0.2, 0.25) is 0 Å². The maximum atomic E-state index is 12.8. The van der Waals surface area contributed by atoms with E-state index in [2.05, 4.69) is 5.32 Å². The van der Waals surface area contributed by atoms with Gasteiger partial charge in [0.05, 0.1) is 20.8 Å². The molecule has 0 aliphatic carbocycles. The number of benzene rings is 2. The molecule has 0 aromatic heterocycles. The van der Waals surface area contributed by atoms with Crippen LogP contribution in [0.3, 0.4) is 0 Å². The zero-order chi connectivity index (χ0) is 19.7. The molecule has 7 nitrogen and oxygen atoms in total. The molecule has 2 N–H and O–H groups in total. The van der Waals surface area contributed by atoms with E-state index in [1.165, 1.54) is 16.0 Å². The topological polar surface area (TPSA) is 70.5 Å². The number of nitrogens with one attached hydrogen (secondary N) is 2. The molecule has 2 aliphatic rings. The summed E-state index contributed by atoms with van der Waals surface area (Å²) >= 11 is 0. The van der Waals surface area contributed by atoms with Crippen LogP contribution in [-0.2, 0) is 17.8 Å². The van der Waals surface area contributed by atoms with Gasteiger partial charge in [-0.05, 0) is 36.8 Å². The monoisotopic (exact) mass is 385 g/mol. The summed E-state index contributed by atoms with van der Waals surface area (Å²) in [5.41, 5.74) is 3.16. The third-order valence-corrected chi connectivity index (χ3v) is 5.48. The fraction of sp³-hybridized carbons (Fsp3) is 0.381. The molecule has 2 aromatic carbocycles. The number of hydrogen-bond acceptors (Lipinski definition) is 5. The van der Waals surface area contributed by atoms with Crippen molar-refractivity contribution in [3.63, 3.8) is 0 Å². The Morgan fingerprint density at radius 2 is 1.79 bits per heavy atom. The first kappa shape index (κ1) is 18.4. The molecule has 0 spiro atoms. The number of ether oxygens (including phenoxy) is 4. The van der Waals surface area contributed by atoms with Crippen molar-refractivity contribution in [3.8, 4) is 23.0 Å². The average Bonchev–Trinajstić information content (AvgIpc) is 3.19.